The van der Waals surface area contributed by atoms with Gasteiger partial charge in [-0.3, -0.25) is 4.57 Å². The molecule has 5 heteroatoms. The van der Waals surface area contributed by atoms with Gasteiger partial charge in [0, 0.05) is 16.7 Å². The molecule has 0 fully saturated rings. The first-order chi connectivity index (χ1) is 21.4. The van der Waals surface area contributed by atoms with Crippen LogP contribution >= 0.6 is 0 Å². The maximum atomic E-state index is 10.6. The van der Waals surface area contributed by atoms with Crippen molar-refractivity contribution in [3.05, 3.63) is 126 Å². The van der Waals surface area contributed by atoms with Crippen LogP contribution in [0.5, 0.6) is 0 Å². The summed E-state index contributed by atoms with van der Waals surface area (Å²) >= 11 is 0. The minimum absolute atomic E-state index is 0.114. The number of hydrogen-bond acceptors (Lipinski definition) is 3. The van der Waals surface area contributed by atoms with E-state index in [9.17, 15) is 5.11 Å². The highest BCUT2D eigenvalue weighted by Crippen LogP contribution is 2.49. The van der Waals surface area contributed by atoms with Crippen molar-refractivity contribution < 1.29 is 9.76 Å². The zero-order chi connectivity index (χ0) is 31.6. The predicted molar refractivity (Wildman–Crippen MR) is 186 cm³/mol. The number of hydrogen-bond donors (Lipinski definition) is 1. The van der Waals surface area contributed by atoms with E-state index in [0.717, 1.165) is 44.7 Å². The van der Waals surface area contributed by atoms with Crippen molar-refractivity contribution in [2.45, 2.75) is 58.2 Å². The Balaban J connectivity index is 1.28. The van der Waals surface area contributed by atoms with Gasteiger partial charge in [-0.05, 0) is 97.5 Å². The molecule has 0 amide bonds. The highest BCUT2D eigenvalue weighted by atomic mass is 16.5. The number of aromatic nitrogens is 2. The molecule has 1 aliphatic rings. The summed E-state index contributed by atoms with van der Waals surface area (Å²) in [5.41, 5.74) is 10.7. The van der Waals surface area contributed by atoms with Gasteiger partial charge in [-0.15, -0.1) is 0 Å². The summed E-state index contributed by atoms with van der Waals surface area (Å²) in [7, 11) is 1.77. The second kappa shape index (κ2) is 10.6. The van der Waals surface area contributed by atoms with Crippen LogP contribution in [0.4, 0.5) is 0 Å². The van der Waals surface area contributed by atoms with E-state index in [4.69, 9.17) is 9.64 Å². The number of rotatable bonds is 7. The SMILES string of the molecule is CC1(C)c2ccc([B]OC(C)(C)C(C)(C)O)cc2-c2cc(-c3cccc(-c4nc5ccccc5n4-c4ccccc4)c3)ccc21. The molecule has 0 bridgehead atoms. The lowest BCUT2D eigenvalue weighted by Gasteiger charge is -2.37. The fourth-order valence-electron chi connectivity index (χ4n) is 6.30. The lowest BCUT2D eigenvalue weighted by atomic mass is 9.79. The van der Waals surface area contributed by atoms with Crippen molar-refractivity contribution >= 4 is 24.0 Å². The predicted octanol–water partition coefficient (Wildman–Crippen LogP) is 8.48. The summed E-state index contributed by atoms with van der Waals surface area (Å²) in [6.07, 6.45) is 0. The van der Waals surface area contributed by atoms with E-state index in [-0.39, 0.29) is 5.41 Å². The van der Waals surface area contributed by atoms with Gasteiger partial charge < -0.3 is 9.76 Å². The summed E-state index contributed by atoms with van der Waals surface area (Å²) in [6, 6.07) is 40.8. The smallest absolute Gasteiger partial charge is 0.330 e. The molecule has 1 heterocycles. The largest absolute Gasteiger partial charge is 0.427 e. The quantitative estimate of drug-likeness (QED) is 0.190. The van der Waals surface area contributed by atoms with Gasteiger partial charge in [-0.2, -0.15) is 0 Å². The van der Waals surface area contributed by atoms with Crippen molar-refractivity contribution in [1.29, 1.82) is 0 Å². The first kappa shape index (κ1) is 29.3. The Morgan fingerprint density at radius 3 is 2.09 bits per heavy atom. The highest BCUT2D eigenvalue weighted by Gasteiger charge is 2.37. The van der Waals surface area contributed by atoms with Gasteiger partial charge in [-0.25, -0.2) is 4.98 Å². The zero-order valence-electron chi connectivity index (χ0n) is 26.8. The molecule has 0 saturated heterocycles. The molecule has 0 aliphatic heterocycles. The molecule has 223 valence electrons. The van der Waals surface area contributed by atoms with Gasteiger partial charge in [0.05, 0.1) is 22.2 Å². The summed E-state index contributed by atoms with van der Waals surface area (Å²) in [5.74, 6) is 0.922. The van der Waals surface area contributed by atoms with Gasteiger partial charge in [0.25, 0.3) is 0 Å². The van der Waals surface area contributed by atoms with Gasteiger partial charge in [0.15, 0.2) is 0 Å². The van der Waals surface area contributed by atoms with E-state index in [1.54, 1.807) is 21.3 Å². The number of imidazole rings is 1. The van der Waals surface area contributed by atoms with E-state index in [1.165, 1.54) is 22.3 Å². The van der Waals surface area contributed by atoms with E-state index in [0.29, 0.717) is 0 Å². The first-order valence-corrected chi connectivity index (χ1v) is 15.6. The standard InChI is InChI=1S/C40H38BN2O2/c1-38(2)33-21-19-27(24-31(33)32-25-29(20-22-34(32)38)41-45-40(5,6)39(3,4)44)26-13-12-14-28(23-26)37-42-35-17-10-11-18-36(35)43(37)30-15-8-7-9-16-30/h7-25,44H,1-6H3. The summed E-state index contributed by atoms with van der Waals surface area (Å²) < 4.78 is 8.35. The number of para-hydroxylation sites is 3. The maximum absolute atomic E-state index is 10.6. The van der Waals surface area contributed by atoms with Crippen LogP contribution in [0.3, 0.4) is 0 Å². The summed E-state index contributed by atoms with van der Waals surface area (Å²) in [5, 5.41) is 10.6. The van der Waals surface area contributed by atoms with Crippen LogP contribution in [0.2, 0.25) is 0 Å². The van der Waals surface area contributed by atoms with Crippen molar-refractivity contribution in [2.75, 3.05) is 0 Å². The van der Waals surface area contributed by atoms with Crippen LogP contribution in [-0.2, 0) is 10.1 Å². The molecule has 4 nitrogen and oxygen atoms in total. The summed E-state index contributed by atoms with van der Waals surface area (Å²) in [6.45, 7) is 12.0. The molecule has 5 aromatic carbocycles. The molecular weight excluding hydrogens is 551 g/mol. The Bertz CT molecular complexity index is 2050. The van der Waals surface area contributed by atoms with E-state index in [2.05, 4.69) is 122 Å². The maximum Gasteiger partial charge on any atom is 0.330 e. The van der Waals surface area contributed by atoms with Gasteiger partial charge in [-0.1, -0.05) is 98.2 Å². The topological polar surface area (TPSA) is 47.3 Å². The first-order valence-electron chi connectivity index (χ1n) is 15.6. The third kappa shape index (κ3) is 5.01. The fourth-order valence-corrected chi connectivity index (χ4v) is 6.30. The Morgan fingerprint density at radius 2 is 1.33 bits per heavy atom. The van der Waals surface area contributed by atoms with Crippen molar-refractivity contribution in [2.24, 2.45) is 0 Å². The molecule has 0 spiro atoms. The number of nitrogens with zero attached hydrogens (tertiary/aromatic N) is 2. The Hall–Kier alpha value is -4.45. The molecule has 1 aromatic heterocycles. The van der Waals surface area contributed by atoms with Gasteiger partial charge in [0.2, 0.25) is 0 Å². The number of fused-ring (bicyclic) bond motifs is 4. The zero-order valence-corrected chi connectivity index (χ0v) is 26.8. The number of aliphatic hydroxyl groups is 1. The van der Waals surface area contributed by atoms with Crippen LogP contribution in [0.25, 0.3) is 50.4 Å². The average Bonchev–Trinajstić information content (AvgIpc) is 3.53. The highest BCUT2D eigenvalue weighted by molar-refractivity contribution is 6.47. The van der Waals surface area contributed by atoms with E-state index in [1.807, 2.05) is 26.0 Å². The molecule has 45 heavy (non-hydrogen) atoms. The molecule has 1 radical (unpaired) electrons. The molecule has 0 saturated carbocycles. The molecule has 1 aliphatic carbocycles. The Morgan fingerprint density at radius 1 is 0.689 bits per heavy atom. The minimum Gasteiger partial charge on any atom is -0.427 e. The Kier molecular flexibility index (Phi) is 6.88. The van der Waals surface area contributed by atoms with Crippen molar-refractivity contribution in [3.63, 3.8) is 0 Å². The minimum atomic E-state index is -0.983. The van der Waals surface area contributed by atoms with Crippen molar-refractivity contribution in [3.8, 4) is 39.3 Å². The average molecular weight is 590 g/mol. The lowest BCUT2D eigenvalue weighted by Crippen LogP contribution is -2.49. The second-order valence-electron chi connectivity index (χ2n) is 13.7. The molecular formula is C40H38BN2O2. The van der Waals surface area contributed by atoms with E-state index < -0.39 is 11.2 Å². The van der Waals surface area contributed by atoms with Crippen LogP contribution in [0, 0.1) is 0 Å². The lowest BCUT2D eigenvalue weighted by molar-refractivity contribution is -0.0893. The third-order valence-electron chi connectivity index (χ3n) is 9.69. The van der Waals surface area contributed by atoms with Crippen LogP contribution in [0.15, 0.2) is 115 Å². The molecule has 0 atom stereocenters. The molecule has 0 unspecified atom stereocenters. The number of benzene rings is 5. The van der Waals surface area contributed by atoms with Gasteiger partial charge in [0.1, 0.15) is 5.82 Å². The Labute approximate surface area is 266 Å². The van der Waals surface area contributed by atoms with Crippen LogP contribution < -0.4 is 5.46 Å². The molecule has 7 rings (SSSR count). The second-order valence-corrected chi connectivity index (χ2v) is 13.7. The summed E-state index contributed by atoms with van der Waals surface area (Å²) in [4.78, 5) is 5.09. The van der Waals surface area contributed by atoms with Crippen LogP contribution in [0.1, 0.15) is 52.7 Å². The van der Waals surface area contributed by atoms with Crippen LogP contribution in [-0.4, -0.2) is 33.3 Å². The molecule has 1 N–H and O–H groups in total. The van der Waals surface area contributed by atoms with Gasteiger partial charge >= 0.3 is 7.48 Å². The monoisotopic (exact) mass is 589 g/mol. The van der Waals surface area contributed by atoms with Crippen molar-refractivity contribution in [1.82, 2.24) is 9.55 Å². The normalized spacial score (nSPS) is 13.9. The fraction of sp³-hybridized carbons (Fsp3) is 0.225. The third-order valence-corrected chi connectivity index (χ3v) is 9.69. The molecule has 6 aromatic rings. The van der Waals surface area contributed by atoms with E-state index >= 15 is 0 Å².